The van der Waals surface area contributed by atoms with Crippen molar-refractivity contribution in [3.8, 4) is 5.88 Å². The van der Waals surface area contributed by atoms with Crippen LogP contribution in [0.25, 0.3) is 0 Å². The van der Waals surface area contributed by atoms with E-state index < -0.39 is 0 Å². The summed E-state index contributed by atoms with van der Waals surface area (Å²) in [5, 5.41) is 3.11. The molecule has 100 valence electrons. The van der Waals surface area contributed by atoms with Crippen molar-refractivity contribution in [1.29, 1.82) is 0 Å². The van der Waals surface area contributed by atoms with Crippen molar-refractivity contribution in [2.24, 2.45) is 5.92 Å². The Morgan fingerprint density at radius 1 is 1.28 bits per heavy atom. The highest BCUT2D eigenvalue weighted by Gasteiger charge is 2.14. The molecule has 1 aromatic heterocycles. The lowest BCUT2D eigenvalue weighted by Crippen LogP contribution is -2.14. The summed E-state index contributed by atoms with van der Waals surface area (Å²) in [5.74, 6) is 1.44. The van der Waals surface area contributed by atoms with Gasteiger partial charge in [-0.05, 0) is 25.8 Å². The van der Waals surface area contributed by atoms with E-state index in [-0.39, 0.29) is 0 Å². The van der Waals surface area contributed by atoms with Crippen molar-refractivity contribution in [2.45, 2.75) is 45.1 Å². The predicted molar refractivity (Wildman–Crippen MR) is 71.5 cm³/mol. The molecule has 0 aliphatic heterocycles. The zero-order valence-corrected chi connectivity index (χ0v) is 11.2. The fraction of sp³-hybridized carbons (Fsp3) is 0.714. The summed E-state index contributed by atoms with van der Waals surface area (Å²) in [6.07, 6.45) is 11.4. The molecule has 0 saturated heterocycles. The molecule has 0 atom stereocenters. The molecule has 1 fully saturated rings. The topological polar surface area (TPSA) is 47.0 Å². The van der Waals surface area contributed by atoms with Gasteiger partial charge in [-0.15, -0.1) is 0 Å². The van der Waals surface area contributed by atoms with Crippen molar-refractivity contribution in [3.05, 3.63) is 18.1 Å². The van der Waals surface area contributed by atoms with Crippen LogP contribution in [-0.4, -0.2) is 23.6 Å². The van der Waals surface area contributed by atoms with Gasteiger partial charge in [-0.25, -0.2) is 9.97 Å². The third-order valence-electron chi connectivity index (χ3n) is 3.54. The van der Waals surface area contributed by atoms with Crippen LogP contribution in [0.15, 0.2) is 12.5 Å². The second-order valence-corrected chi connectivity index (χ2v) is 5.05. The third kappa shape index (κ3) is 3.95. The molecular weight excluding hydrogens is 226 g/mol. The van der Waals surface area contributed by atoms with E-state index >= 15 is 0 Å². The van der Waals surface area contributed by atoms with E-state index in [2.05, 4.69) is 15.3 Å². The first kappa shape index (κ1) is 13.3. The molecule has 4 heteroatoms. The standard InChI is InChI=1S/C14H23N3O/c1-15-8-13-9-16-11-17-14(13)18-10-12-6-4-2-3-5-7-12/h9,11-12,15H,2-8,10H2,1H3. The Bertz CT molecular complexity index is 349. The average molecular weight is 249 g/mol. The van der Waals surface area contributed by atoms with E-state index in [0.717, 1.165) is 24.6 Å². The van der Waals surface area contributed by atoms with E-state index in [1.165, 1.54) is 38.5 Å². The Balaban J connectivity index is 1.88. The summed E-state index contributed by atoms with van der Waals surface area (Å²) in [5.41, 5.74) is 1.04. The zero-order valence-electron chi connectivity index (χ0n) is 11.2. The van der Waals surface area contributed by atoms with Gasteiger partial charge in [0.1, 0.15) is 6.33 Å². The molecule has 4 nitrogen and oxygen atoms in total. The molecule has 1 aliphatic rings. The van der Waals surface area contributed by atoms with Crippen LogP contribution in [0.4, 0.5) is 0 Å². The summed E-state index contributed by atoms with van der Waals surface area (Å²) < 4.78 is 5.89. The molecule has 0 radical (unpaired) electrons. The molecule has 1 aliphatic carbocycles. The van der Waals surface area contributed by atoms with Crippen LogP contribution in [0.3, 0.4) is 0 Å². The minimum absolute atomic E-state index is 0.699. The lowest BCUT2D eigenvalue weighted by Gasteiger charge is -2.16. The van der Waals surface area contributed by atoms with E-state index in [0.29, 0.717) is 5.92 Å². The molecule has 0 amide bonds. The summed E-state index contributed by atoms with van der Waals surface area (Å²) in [6, 6.07) is 0. The van der Waals surface area contributed by atoms with Crippen LogP contribution in [0.2, 0.25) is 0 Å². The van der Waals surface area contributed by atoms with Gasteiger partial charge in [-0.2, -0.15) is 0 Å². The molecule has 2 rings (SSSR count). The summed E-state index contributed by atoms with van der Waals surface area (Å²) >= 11 is 0. The lowest BCUT2D eigenvalue weighted by atomic mass is 10.0. The van der Waals surface area contributed by atoms with Gasteiger partial charge in [-0.1, -0.05) is 25.7 Å². The van der Waals surface area contributed by atoms with Crippen LogP contribution in [0.1, 0.15) is 44.1 Å². The fourth-order valence-corrected chi connectivity index (χ4v) is 2.52. The number of aromatic nitrogens is 2. The number of nitrogens with zero attached hydrogens (tertiary/aromatic N) is 2. The highest BCUT2D eigenvalue weighted by Crippen LogP contribution is 2.24. The minimum atomic E-state index is 0.699. The maximum absolute atomic E-state index is 5.89. The molecule has 1 saturated carbocycles. The molecule has 18 heavy (non-hydrogen) atoms. The van der Waals surface area contributed by atoms with Crippen LogP contribution in [-0.2, 0) is 6.54 Å². The van der Waals surface area contributed by atoms with Gasteiger partial charge in [0.05, 0.1) is 6.61 Å². The zero-order chi connectivity index (χ0) is 12.6. The second-order valence-electron chi connectivity index (χ2n) is 5.05. The van der Waals surface area contributed by atoms with Gasteiger partial charge in [-0.3, -0.25) is 0 Å². The van der Waals surface area contributed by atoms with Crippen LogP contribution < -0.4 is 10.1 Å². The monoisotopic (exact) mass is 249 g/mol. The molecule has 0 spiro atoms. The number of hydrogen-bond acceptors (Lipinski definition) is 4. The number of rotatable bonds is 5. The highest BCUT2D eigenvalue weighted by atomic mass is 16.5. The van der Waals surface area contributed by atoms with E-state index in [4.69, 9.17) is 4.74 Å². The summed E-state index contributed by atoms with van der Waals surface area (Å²) in [7, 11) is 1.92. The van der Waals surface area contributed by atoms with Gasteiger partial charge < -0.3 is 10.1 Å². The maximum atomic E-state index is 5.89. The van der Waals surface area contributed by atoms with Crippen LogP contribution in [0, 0.1) is 5.92 Å². The summed E-state index contributed by atoms with van der Waals surface area (Å²) in [4.78, 5) is 8.27. The predicted octanol–water partition coefficient (Wildman–Crippen LogP) is 2.55. The van der Waals surface area contributed by atoms with Crippen LogP contribution in [0.5, 0.6) is 5.88 Å². The van der Waals surface area contributed by atoms with Crippen molar-refractivity contribution < 1.29 is 4.74 Å². The minimum Gasteiger partial charge on any atom is -0.477 e. The largest absolute Gasteiger partial charge is 0.477 e. The Morgan fingerprint density at radius 3 is 2.78 bits per heavy atom. The quantitative estimate of drug-likeness (QED) is 0.815. The third-order valence-corrected chi connectivity index (χ3v) is 3.54. The van der Waals surface area contributed by atoms with Crippen molar-refractivity contribution in [1.82, 2.24) is 15.3 Å². The second kappa shape index (κ2) is 7.31. The smallest absolute Gasteiger partial charge is 0.220 e. The molecule has 0 aromatic carbocycles. The number of ether oxygens (including phenoxy) is 1. The van der Waals surface area contributed by atoms with Gasteiger partial charge in [0, 0.05) is 18.3 Å². The normalized spacial score (nSPS) is 17.4. The Kier molecular flexibility index (Phi) is 5.39. The first-order valence-electron chi connectivity index (χ1n) is 6.96. The molecule has 0 bridgehead atoms. The van der Waals surface area contributed by atoms with Gasteiger partial charge in [0.15, 0.2) is 0 Å². The Hall–Kier alpha value is -1.16. The average Bonchev–Trinajstić information content (AvgIpc) is 2.67. The fourth-order valence-electron chi connectivity index (χ4n) is 2.52. The molecule has 1 aromatic rings. The Labute approximate surface area is 109 Å². The van der Waals surface area contributed by atoms with Gasteiger partial charge in [0.2, 0.25) is 5.88 Å². The van der Waals surface area contributed by atoms with E-state index in [9.17, 15) is 0 Å². The molecule has 1 N–H and O–H groups in total. The summed E-state index contributed by atoms with van der Waals surface area (Å²) in [6.45, 7) is 1.55. The van der Waals surface area contributed by atoms with Crippen molar-refractivity contribution >= 4 is 0 Å². The van der Waals surface area contributed by atoms with Gasteiger partial charge >= 0.3 is 0 Å². The highest BCUT2D eigenvalue weighted by molar-refractivity contribution is 5.21. The molecular formula is C14H23N3O. The molecule has 0 unspecified atom stereocenters. The van der Waals surface area contributed by atoms with Gasteiger partial charge in [0.25, 0.3) is 0 Å². The van der Waals surface area contributed by atoms with Crippen molar-refractivity contribution in [3.63, 3.8) is 0 Å². The van der Waals surface area contributed by atoms with Crippen LogP contribution >= 0.6 is 0 Å². The van der Waals surface area contributed by atoms with E-state index in [1.807, 2.05) is 13.2 Å². The first-order chi connectivity index (χ1) is 8.90. The number of hydrogen-bond donors (Lipinski definition) is 1. The van der Waals surface area contributed by atoms with Crippen molar-refractivity contribution in [2.75, 3.05) is 13.7 Å². The number of nitrogens with one attached hydrogen (secondary N) is 1. The van der Waals surface area contributed by atoms with E-state index in [1.54, 1.807) is 6.33 Å². The Morgan fingerprint density at radius 2 is 2.06 bits per heavy atom. The first-order valence-corrected chi connectivity index (χ1v) is 6.96. The maximum Gasteiger partial charge on any atom is 0.220 e. The molecule has 1 heterocycles. The SMILES string of the molecule is CNCc1cncnc1OCC1CCCCCC1. The lowest BCUT2D eigenvalue weighted by molar-refractivity contribution is 0.223.